The Morgan fingerprint density at radius 2 is 1.46 bits per heavy atom. The Morgan fingerprint density at radius 3 is 2.14 bits per heavy atom. The third-order valence-corrected chi connectivity index (χ3v) is 6.12. The molecule has 2 saturated heterocycles. The first-order valence-corrected chi connectivity index (χ1v) is 10.9. The molecule has 0 amide bonds. The second-order valence-electron chi connectivity index (χ2n) is 8.57. The van der Waals surface area contributed by atoms with Gasteiger partial charge >= 0.3 is 5.63 Å². The van der Waals surface area contributed by atoms with Crippen LogP contribution in [0, 0.1) is 6.92 Å². The van der Waals surface area contributed by atoms with Crippen molar-refractivity contribution in [2.75, 3.05) is 13.2 Å². The van der Waals surface area contributed by atoms with Crippen molar-refractivity contribution in [3.8, 4) is 5.75 Å². The molecule has 194 valence electrons. The summed E-state index contributed by atoms with van der Waals surface area (Å²) < 4.78 is 27.0. The van der Waals surface area contributed by atoms with Gasteiger partial charge in [-0.1, -0.05) is 0 Å². The molecule has 4 rings (SSSR count). The normalized spacial score (nSPS) is 37.9. The number of aliphatic hydroxyl groups is 7. The molecule has 0 bridgehead atoms. The molecule has 2 aliphatic rings. The summed E-state index contributed by atoms with van der Waals surface area (Å²) in [6.45, 7) is 0.602. The first kappa shape index (κ1) is 25.9. The van der Waals surface area contributed by atoms with Crippen LogP contribution in [0.4, 0.5) is 0 Å². The van der Waals surface area contributed by atoms with Crippen LogP contribution in [0.1, 0.15) is 5.56 Å². The summed E-state index contributed by atoms with van der Waals surface area (Å²) in [5, 5.41) is 70.7. The standard InChI is InChI=1S/C22H28O13/c1-8-4-14(24)33-11-5-9(2-3-10(8)11)32-22-20(30)18(28)16(26)13(35-22)7-31-21-19(29)17(27)15(25)12(6-23)34-21/h2-5,12-13,15-23,25-30H,6-7H2,1H3. The van der Waals surface area contributed by atoms with Crippen LogP contribution < -0.4 is 10.4 Å². The van der Waals surface area contributed by atoms with Crippen LogP contribution in [0.15, 0.2) is 33.5 Å². The minimum absolute atomic E-state index is 0.146. The molecular formula is C22H28O13. The number of fused-ring (bicyclic) bond motifs is 1. The molecule has 13 nitrogen and oxygen atoms in total. The summed E-state index contributed by atoms with van der Waals surface area (Å²) in [5.41, 5.74) is 0.381. The first-order valence-electron chi connectivity index (χ1n) is 10.9. The van der Waals surface area contributed by atoms with Crippen LogP contribution in [-0.4, -0.2) is 110 Å². The van der Waals surface area contributed by atoms with E-state index in [1.807, 2.05) is 0 Å². The highest BCUT2D eigenvalue weighted by Gasteiger charge is 2.47. The number of hydrogen-bond acceptors (Lipinski definition) is 13. The molecule has 10 atom stereocenters. The van der Waals surface area contributed by atoms with Gasteiger partial charge in [-0.3, -0.25) is 0 Å². The average Bonchev–Trinajstić information content (AvgIpc) is 2.83. The highest BCUT2D eigenvalue weighted by Crippen LogP contribution is 2.29. The van der Waals surface area contributed by atoms with Crippen molar-refractivity contribution in [2.24, 2.45) is 0 Å². The van der Waals surface area contributed by atoms with E-state index in [0.29, 0.717) is 10.9 Å². The van der Waals surface area contributed by atoms with Gasteiger partial charge in [-0.2, -0.15) is 0 Å². The molecule has 35 heavy (non-hydrogen) atoms. The summed E-state index contributed by atoms with van der Waals surface area (Å²) in [6.07, 6.45) is -15.3. The molecule has 0 aliphatic carbocycles. The van der Waals surface area contributed by atoms with Gasteiger partial charge in [0.2, 0.25) is 6.29 Å². The van der Waals surface area contributed by atoms with Gasteiger partial charge in [-0.25, -0.2) is 4.79 Å². The Balaban J connectivity index is 1.46. The van der Waals surface area contributed by atoms with Gasteiger partial charge < -0.3 is 59.1 Å². The molecule has 0 spiro atoms. The van der Waals surface area contributed by atoms with Crippen LogP contribution in [0.25, 0.3) is 11.0 Å². The maximum atomic E-state index is 11.7. The molecule has 2 aliphatic heterocycles. The van der Waals surface area contributed by atoms with E-state index in [2.05, 4.69) is 0 Å². The number of ether oxygens (including phenoxy) is 4. The van der Waals surface area contributed by atoms with Crippen molar-refractivity contribution in [2.45, 2.75) is 68.3 Å². The Bertz CT molecular complexity index is 1070. The van der Waals surface area contributed by atoms with Crippen molar-refractivity contribution in [3.05, 3.63) is 40.2 Å². The third-order valence-electron chi connectivity index (χ3n) is 6.12. The van der Waals surface area contributed by atoms with E-state index < -0.39 is 80.3 Å². The molecule has 1 aromatic carbocycles. The summed E-state index contributed by atoms with van der Waals surface area (Å²) in [4.78, 5) is 11.7. The Morgan fingerprint density at radius 1 is 0.829 bits per heavy atom. The summed E-state index contributed by atoms with van der Waals surface area (Å²) in [6, 6.07) is 5.94. The Labute approximate surface area is 198 Å². The molecule has 0 radical (unpaired) electrons. The largest absolute Gasteiger partial charge is 0.462 e. The Kier molecular flexibility index (Phi) is 7.73. The van der Waals surface area contributed by atoms with Crippen molar-refractivity contribution in [3.63, 3.8) is 0 Å². The van der Waals surface area contributed by atoms with Crippen LogP contribution in [-0.2, 0) is 14.2 Å². The second kappa shape index (κ2) is 10.4. The van der Waals surface area contributed by atoms with E-state index in [0.717, 1.165) is 0 Å². The average molecular weight is 500 g/mol. The van der Waals surface area contributed by atoms with Gasteiger partial charge in [0, 0.05) is 17.5 Å². The van der Waals surface area contributed by atoms with Crippen LogP contribution in [0.5, 0.6) is 5.75 Å². The fraction of sp³-hybridized carbons (Fsp3) is 0.591. The number of rotatable bonds is 6. The molecule has 10 unspecified atom stereocenters. The molecule has 3 heterocycles. The van der Waals surface area contributed by atoms with E-state index >= 15 is 0 Å². The number of benzene rings is 1. The maximum Gasteiger partial charge on any atom is 0.336 e. The SMILES string of the molecule is Cc1cc(=O)oc2cc(OC3OC(COC4OC(CO)C(O)C(O)C4O)C(O)C(O)C3O)ccc12. The van der Waals surface area contributed by atoms with Gasteiger partial charge in [0.05, 0.1) is 13.2 Å². The van der Waals surface area contributed by atoms with Crippen molar-refractivity contribution in [1.82, 2.24) is 0 Å². The van der Waals surface area contributed by atoms with E-state index in [-0.39, 0.29) is 11.3 Å². The number of hydrogen-bond donors (Lipinski definition) is 7. The fourth-order valence-corrected chi connectivity index (χ4v) is 4.06. The number of aryl methyl sites for hydroxylation is 1. The molecule has 13 heteroatoms. The van der Waals surface area contributed by atoms with Crippen LogP contribution in [0.3, 0.4) is 0 Å². The van der Waals surface area contributed by atoms with Gasteiger partial charge in [0.1, 0.15) is 60.2 Å². The lowest BCUT2D eigenvalue weighted by Gasteiger charge is -2.42. The van der Waals surface area contributed by atoms with Crippen molar-refractivity contribution >= 4 is 11.0 Å². The van der Waals surface area contributed by atoms with E-state index in [4.69, 9.17) is 23.4 Å². The minimum atomic E-state index is -1.70. The highest BCUT2D eigenvalue weighted by molar-refractivity contribution is 5.81. The fourth-order valence-electron chi connectivity index (χ4n) is 4.06. The van der Waals surface area contributed by atoms with Gasteiger partial charge in [-0.05, 0) is 24.6 Å². The summed E-state index contributed by atoms with van der Waals surface area (Å²) in [5.74, 6) is 0.146. The zero-order valence-corrected chi connectivity index (χ0v) is 18.6. The molecule has 2 aromatic rings. The zero-order chi connectivity index (χ0) is 25.4. The van der Waals surface area contributed by atoms with E-state index in [1.54, 1.807) is 19.1 Å². The zero-order valence-electron chi connectivity index (χ0n) is 18.6. The quantitative estimate of drug-likeness (QED) is 0.199. The lowest BCUT2D eigenvalue weighted by molar-refractivity contribution is -0.323. The van der Waals surface area contributed by atoms with Crippen molar-refractivity contribution in [1.29, 1.82) is 0 Å². The van der Waals surface area contributed by atoms with Gasteiger partial charge in [0.15, 0.2) is 6.29 Å². The Hall–Kier alpha value is -2.17. The molecular weight excluding hydrogens is 472 g/mol. The molecule has 2 fully saturated rings. The summed E-state index contributed by atoms with van der Waals surface area (Å²) in [7, 11) is 0. The lowest BCUT2D eigenvalue weighted by Crippen LogP contribution is -2.62. The highest BCUT2D eigenvalue weighted by atomic mass is 16.7. The smallest absolute Gasteiger partial charge is 0.336 e. The van der Waals surface area contributed by atoms with Crippen molar-refractivity contribution < 1.29 is 59.1 Å². The maximum absolute atomic E-state index is 11.7. The molecule has 0 saturated carbocycles. The predicted octanol–water partition coefficient (Wildman–Crippen LogP) is -2.90. The topological polar surface area (TPSA) is 209 Å². The predicted molar refractivity (Wildman–Crippen MR) is 114 cm³/mol. The van der Waals surface area contributed by atoms with Crippen LogP contribution >= 0.6 is 0 Å². The van der Waals surface area contributed by atoms with Gasteiger partial charge in [-0.15, -0.1) is 0 Å². The van der Waals surface area contributed by atoms with Gasteiger partial charge in [0.25, 0.3) is 0 Å². The monoisotopic (exact) mass is 500 g/mol. The first-order chi connectivity index (χ1) is 16.6. The lowest BCUT2D eigenvalue weighted by atomic mass is 9.98. The number of aliphatic hydroxyl groups excluding tert-OH is 7. The van der Waals surface area contributed by atoms with E-state index in [9.17, 15) is 40.5 Å². The second-order valence-corrected chi connectivity index (χ2v) is 8.57. The summed E-state index contributed by atoms with van der Waals surface area (Å²) >= 11 is 0. The van der Waals surface area contributed by atoms with E-state index in [1.165, 1.54) is 12.1 Å². The third kappa shape index (κ3) is 5.20. The minimum Gasteiger partial charge on any atom is -0.462 e. The molecule has 1 aromatic heterocycles. The molecule has 7 N–H and O–H groups in total. The van der Waals surface area contributed by atoms with Crippen LogP contribution in [0.2, 0.25) is 0 Å².